The highest BCUT2D eigenvalue weighted by Crippen LogP contribution is 2.35. The third kappa shape index (κ3) is 5.16. The first-order chi connectivity index (χ1) is 15.2. The van der Waals surface area contributed by atoms with Gasteiger partial charge in [-0.05, 0) is 54.5 Å². The lowest BCUT2D eigenvalue weighted by molar-refractivity contribution is -0.142. The normalized spacial score (nSPS) is 19.0. The smallest absolute Gasteiger partial charge is 0.381 e. The average molecular weight is 520 g/mol. The fraction of sp³-hybridized carbons (Fsp3) is 0.700. The average Bonchev–Trinajstić information content (AvgIpc) is 3.35. The van der Waals surface area contributed by atoms with Gasteiger partial charge in [-0.1, -0.05) is 5.16 Å². The lowest BCUT2D eigenvalue weighted by Crippen LogP contribution is -2.40. The molecule has 0 unspecified atom stereocenters. The summed E-state index contributed by atoms with van der Waals surface area (Å²) < 4.78 is 50.9. The fourth-order valence-corrected chi connectivity index (χ4v) is 4.70. The Morgan fingerprint density at radius 2 is 1.88 bits per heavy atom. The molecule has 0 N–H and O–H groups in total. The molecule has 0 spiro atoms. The molecule has 0 bridgehead atoms. The van der Waals surface area contributed by atoms with Crippen LogP contribution in [-0.4, -0.2) is 57.0 Å². The summed E-state index contributed by atoms with van der Waals surface area (Å²) in [5, 5.41) is 7.72. The van der Waals surface area contributed by atoms with Gasteiger partial charge in [0.05, 0.1) is 10.2 Å². The fourth-order valence-electron chi connectivity index (χ4n) is 4.19. The molecule has 0 aliphatic carbocycles. The number of carbonyl (C=O) groups excluding carboxylic acids is 1. The number of ether oxygens (including phenoxy) is 1. The highest BCUT2D eigenvalue weighted by Gasteiger charge is 2.38. The molecule has 0 aromatic carbocycles. The Hall–Kier alpha value is -1.95. The number of piperidine rings is 1. The number of nitrogens with zero attached hydrogens (tertiary/aromatic N) is 5. The topological polar surface area (TPSA) is 86.3 Å². The van der Waals surface area contributed by atoms with Crippen LogP contribution in [0.25, 0.3) is 0 Å². The summed E-state index contributed by atoms with van der Waals surface area (Å²) in [4.78, 5) is 18.9. The first-order valence-electron chi connectivity index (χ1n) is 10.7. The summed E-state index contributed by atoms with van der Waals surface area (Å²) in [5.41, 5.74) is -0.738. The van der Waals surface area contributed by atoms with Gasteiger partial charge in [-0.15, -0.1) is 0 Å². The van der Waals surface area contributed by atoms with Crippen molar-refractivity contribution < 1.29 is 27.2 Å². The van der Waals surface area contributed by atoms with Crippen molar-refractivity contribution in [2.75, 3.05) is 26.3 Å². The maximum Gasteiger partial charge on any atom is 0.436 e. The molecule has 2 saturated heterocycles. The maximum absolute atomic E-state index is 13.0. The van der Waals surface area contributed by atoms with Gasteiger partial charge in [0.1, 0.15) is 6.54 Å². The predicted molar refractivity (Wildman–Crippen MR) is 110 cm³/mol. The molecule has 0 saturated carbocycles. The summed E-state index contributed by atoms with van der Waals surface area (Å²) >= 11 is 2.93. The van der Waals surface area contributed by atoms with E-state index in [1.807, 2.05) is 0 Å². The van der Waals surface area contributed by atoms with Crippen molar-refractivity contribution in [1.29, 1.82) is 0 Å². The molecule has 0 radical (unpaired) electrons. The van der Waals surface area contributed by atoms with Crippen LogP contribution in [0.15, 0.2) is 9.00 Å². The molecule has 4 rings (SSSR count). The summed E-state index contributed by atoms with van der Waals surface area (Å²) in [6.45, 7) is 3.80. The van der Waals surface area contributed by atoms with Gasteiger partial charge in [0.15, 0.2) is 11.5 Å². The van der Waals surface area contributed by atoms with Crippen molar-refractivity contribution in [1.82, 2.24) is 24.8 Å². The molecule has 2 aromatic heterocycles. The first kappa shape index (κ1) is 23.2. The summed E-state index contributed by atoms with van der Waals surface area (Å²) in [5.74, 6) is 1.72. The summed E-state index contributed by atoms with van der Waals surface area (Å²) in [7, 11) is 0. The van der Waals surface area contributed by atoms with E-state index in [1.165, 1.54) is 6.92 Å². The van der Waals surface area contributed by atoms with Gasteiger partial charge < -0.3 is 14.2 Å². The molecular weight excluding hydrogens is 495 g/mol. The Kier molecular flexibility index (Phi) is 6.89. The Bertz CT molecular complexity index is 947. The van der Waals surface area contributed by atoms with Crippen LogP contribution in [0.5, 0.6) is 0 Å². The van der Waals surface area contributed by atoms with Gasteiger partial charge in [-0.2, -0.15) is 23.3 Å². The van der Waals surface area contributed by atoms with E-state index in [9.17, 15) is 18.0 Å². The van der Waals surface area contributed by atoms with Crippen LogP contribution in [0.1, 0.15) is 54.7 Å². The minimum absolute atomic E-state index is 0.129. The zero-order valence-corrected chi connectivity index (χ0v) is 19.3. The summed E-state index contributed by atoms with van der Waals surface area (Å²) in [6.07, 6.45) is -0.562. The first-order valence-corrected chi connectivity index (χ1v) is 11.5. The SMILES string of the molecule is Cc1c(Br)c(C(F)(F)F)nn1CC(=O)N1CCC(Cc2nc(C3CCOCC3)no2)CC1. The van der Waals surface area contributed by atoms with Gasteiger partial charge in [0, 0.05) is 38.6 Å². The number of halogens is 4. The van der Waals surface area contributed by atoms with E-state index in [2.05, 4.69) is 31.2 Å². The quantitative estimate of drug-likeness (QED) is 0.598. The van der Waals surface area contributed by atoms with E-state index in [0.717, 1.165) is 36.2 Å². The second kappa shape index (κ2) is 9.50. The number of hydrogen-bond acceptors (Lipinski definition) is 6. The van der Waals surface area contributed by atoms with Crippen LogP contribution in [0, 0.1) is 12.8 Å². The standard InChI is InChI=1S/C20H25BrF3N5O3/c1-12-17(21)18(20(22,23)24)26-29(12)11-16(30)28-6-2-13(3-7-28)10-15-25-19(27-32-15)14-4-8-31-9-5-14/h13-14H,2-11H2,1H3. The molecular formula is C20H25BrF3N5O3. The van der Waals surface area contributed by atoms with Gasteiger partial charge in [-0.3, -0.25) is 9.48 Å². The molecule has 32 heavy (non-hydrogen) atoms. The van der Waals surface area contributed by atoms with Crippen LogP contribution in [-0.2, 0) is 28.7 Å². The van der Waals surface area contributed by atoms with E-state index in [4.69, 9.17) is 9.26 Å². The maximum atomic E-state index is 13.0. The molecule has 2 aliphatic rings. The van der Waals surface area contributed by atoms with E-state index in [0.29, 0.717) is 44.5 Å². The molecule has 2 aromatic rings. The predicted octanol–water partition coefficient (Wildman–Crippen LogP) is 3.73. The van der Waals surface area contributed by atoms with Crippen LogP contribution in [0.2, 0.25) is 0 Å². The molecule has 0 atom stereocenters. The Morgan fingerprint density at radius 1 is 1.19 bits per heavy atom. The molecule has 12 heteroatoms. The second-order valence-electron chi connectivity index (χ2n) is 8.36. The van der Waals surface area contributed by atoms with Crippen LogP contribution < -0.4 is 0 Å². The van der Waals surface area contributed by atoms with Gasteiger partial charge in [0.25, 0.3) is 0 Å². The number of likely N-dealkylation sites (tertiary alicyclic amines) is 1. The van der Waals surface area contributed by atoms with Crippen LogP contribution in [0.3, 0.4) is 0 Å². The third-order valence-corrected chi connectivity index (χ3v) is 7.14. The Balaban J connectivity index is 1.28. The zero-order chi connectivity index (χ0) is 22.9. The number of amides is 1. The lowest BCUT2D eigenvalue weighted by atomic mass is 9.93. The highest BCUT2D eigenvalue weighted by molar-refractivity contribution is 9.10. The number of hydrogen-bond donors (Lipinski definition) is 0. The second-order valence-corrected chi connectivity index (χ2v) is 9.16. The van der Waals surface area contributed by atoms with Crippen molar-refractivity contribution in [3.8, 4) is 0 Å². The largest absolute Gasteiger partial charge is 0.436 e. The van der Waals surface area contributed by atoms with Gasteiger partial charge >= 0.3 is 6.18 Å². The summed E-state index contributed by atoms with van der Waals surface area (Å²) in [6, 6.07) is 0. The van der Waals surface area contributed by atoms with Crippen LogP contribution in [0.4, 0.5) is 13.2 Å². The van der Waals surface area contributed by atoms with Gasteiger partial charge in [0.2, 0.25) is 11.8 Å². The van der Waals surface area contributed by atoms with Crippen molar-refractivity contribution in [3.05, 3.63) is 27.6 Å². The number of alkyl halides is 3. The van der Waals surface area contributed by atoms with Crippen LogP contribution >= 0.6 is 15.9 Å². The monoisotopic (exact) mass is 519 g/mol. The minimum Gasteiger partial charge on any atom is -0.381 e. The number of rotatable bonds is 5. The van der Waals surface area contributed by atoms with E-state index in [1.54, 1.807) is 4.90 Å². The molecule has 176 valence electrons. The molecule has 2 aliphatic heterocycles. The molecule has 4 heterocycles. The molecule has 1 amide bonds. The van der Waals surface area contributed by atoms with E-state index < -0.39 is 11.9 Å². The lowest BCUT2D eigenvalue weighted by Gasteiger charge is -2.31. The van der Waals surface area contributed by atoms with Crippen molar-refractivity contribution in [2.24, 2.45) is 5.92 Å². The zero-order valence-electron chi connectivity index (χ0n) is 17.7. The highest BCUT2D eigenvalue weighted by atomic mass is 79.9. The third-order valence-electron chi connectivity index (χ3n) is 6.19. The van der Waals surface area contributed by atoms with Gasteiger partial charge in [-0.25, -0.2) is 0 Å². The Labute approximate surface area is 191 Å². The molecule has 8 nitrogen and oxygen atoms in total. The number of carbonyl (C=O) groups is 1. The van der Waals surface area contributed by atoms with E-state index in [-0.39, 0.29) is 28.5 Å². The van der Waals surface area contributed by atoms with Crippen molar-refractivity contribution in [2.45, 2.75) is 57.7 Å². The minimum atomic E-state index is -4.57. The van der Waals surface area contributed by atoms with Crippen molar-refractivity contribution >= 4 is 21.8 Å². The van der Waals surface area contributed by atoms with Crippen molar-refractivity contribution in [3.63, 3.8) is 0 Å². The number of aromatic nitrogens is 4. The Morgan fingerprint density at radius 3 is 2.50 bits per heavy atom. The van der Waals surface area contributed by atoms with E-state index >= 15 is 0 Å². The molecule has 2 fully saturated rings.